The molecule has 1 atom stereocenters. The fourth-order valence-corrected chi connectivity index (χ4v) is 2.28. The molecule has 116 valence electrons. The van der Waals surface area contributed by atoms with Crippen molar-refractivity contribution in [3.8, 4) is 0 Å². The van der Waals surface area contributed by atoms with Gasteiger partial charge in [-0.05, 0) is 49.4 Å². The van der Waals surface area contributed by atoms with E-state index in [2.05, 4.69) is 5.32 Å². The Morgan fingerprint density at radius 2 is 2.05 bits per heavy atom. The summed E-state index contributed by atoms with van der Waals surface area (Å²) in [6.45, 7) is 4.45. The lowest BCUT2D eigenvalue weighted by Crippen LogP contribution is -2.26. The Morgan fingerprint density at radius 3 is 2.62 bits per heavy atom. The highest BCUT2D eigenvalue weighted by atomic mass is 35.5. The zero-order chi connectivity index (χ0) is 15.8. The molecule has 0 aliphatic carbocycles. The van der Waals surface area contributed by atoms with Crippen molar-refractivity contribution >= 4 is 23.5 Å². The van der Waals surface area contributed by atoms with Crippen molar-refractivity contribution in [2.45, 2.75) is 39.5 Å². The number of halogens is 1. The van der Waals surface area contributed by atoms with Crippen LogP contribution >= 0.6 is 11.6 Å². The molecule has 0 bridgehead atoms. The zero-order valence-electron chi connectivity index (χ0n) is 12.5. The minimum Gasteiger partial charge on any atom is -0.481 e. The van der Waals surface area contributed by atoms with Crippen LogP contribution in [0, 0.1) is 12.8 Å². The van der Waals surface area contributed by atoms with Crippen LogP contribution in [-0.4, -0.2) is 23.5 Å². The van der Waals surface area contributed by atoms with Crippen LogP contribution in [-0.2, 0) is 4.79 Å². The van der Waals surface area contributed by atoms with E-state index in [1.807, 2.05) is 13.8 Å². The van der Waals surface area contributed by atoms with Crippen LogP contribution < -0.4 is 5.32 Å². The highest BCUT2D eigenvalue weighted by Gasteiger charge is 2.11. The van der Waals surface area contributed by atoms with Crippen molar-refractivity contribution in [3.05, 3.63) is 34.3 Å². The molecule has 0 fully saturated rings. The SMILES string of the molecule is CCC(CCNC(=O)c1ccc(Cl)c(C)c1)CCC(=O)O. The number of amides is 1. The first-order valence-electron chi connectivity index (χ1n) is 7.20. The number of carboxylic acids is 1. The molecule has 1 unspecified atom stereocenters. The highest BCUT2D eigenvalue weighted by molar-refractivity contribution is 6.31. The molecule has 4 nitrogen and oxygen atoms in total. The van der Waals surface area contributed by atoms with Gasteiger partial charge in [-0.15, -0.1) is 0 Å². The fraction of sp³-hybridized carbons (Fsp3) is 0.500. The molecule has 2 N–H and O–H groups in total. The molecule has 1 aromatic rings. The predicted molar refractivity (Wildman–Crippen MR) is 83.8 cm³/mol. The molecule has 1 aromatic carbocycles. The van der Waals surface area contributed by atoms with Crippen LogP contribution in [0.4, 0.5) is 0 Å². The van der Waals surface area contributed by atoms with Gasteiger partial charge in [-0.1, -0.05) is 24.9 Å². The molecule has 5 heteroatoms. The molecule has 0 saturated heterocycles. The van der Waals surface area contributed by atoms with E-state index >= 15 is 0 Å². The number of hydrogen-bond donors (Lipinski definition) is 2. The summed E-state index contributed by atoms with van der Waals surface area (Å²) in [4.78, 5) is 22.6. The van der Waals surface area contributed by atoms with E-state index in [9.17, 15) is 9.59 Å². The molecule has 21 heavy (non-hydrogen) atoms. The summed E-state index contributed by atoms with van der Waals surface area (Å²) in [6.07, 6.45) is 2.55. The molecule has 0 saturated carbocycles. The smallest absolute Gasteiger partial charge is 0.303 e. The highest BCUT2D eigenvalue weighted by Crippen LogP contribution is 2.17. The van der Waals surface area contributed by atoms with Gasteiger partial charge in [-0.2, -0.15) is 0 Å². The first-order valence-corrected chi connectivity index (χ1v) is 7.58. The molecule has 1 rings (SSSR count). The number of carbonyl (C=O) groups excluding carboxylic acids is 1. The molecule has 0 aliphatic heterocycles. The summed E-state index contributed by atoms with van der Waals surface area (Å²) in [6, 6.07) is 5.18. The average molecular weight is 312 g/mol. The minimum absolute atomic E-state index is 0.122. The van der Waals surface area contributed by atoms with Gasteiger partial charge in [-0.3, -0.25) is 9.59 Å². The minimum atomic E-state index is -0.769. The van der Waals surface area contributed by atoms with E-state index in [1.165, 1.54) is 0 Å². The van der Waals surface area contributed by atoms with E-state index in [0.717, 1.165) is 18.4 Å². The lowest BCUT2D eigenvalue weighted by Gasteiger charge is -2.14. The standard InChI is InChI=1S/C16H22ClNO3/c1-3-12(4-7-15(19)20)8-9-18-16(21)13-5-6-14(17)11(2)10-13/h5-6,10,12H,3-4,7-9H2,1-2H3,(H,18,21)(H,19,20). The maximum absolute atomic E-state index is 12.0. The number of aliphatic carboxylic acids is 1. The van der Waals surface area contributed by atoms with Crippen molar-refractivity contribution in [3.63, 3.8) is 0 Å². The Kier molecular flexibility index (Phi) is 7.23. The molecular formula is C16H22ClNO3. The van der Waals surface area contributed by atoms with Gasteiger partial charge in [0.05, 0.1) is 0 Å². The van der Waals surface area contributed by atoms with E-state index < -0.39 is 5.97 Å². The number of hydrogen-bond acceptors (Lipinski definition) is 2. The van der Waals surface area contributed by atoms with Crippen LogP contribution in [0.3, 0.4) is 0 Å². The summed E-state index contributed by atoms with van der Waals surface area (Å²) >= 11 is 5.93. The molecule has 1 amide bonds. The quantitative estimate of drug-likeness (QED) is 0.770. The normalized spacial score (nSPS) is 12.0. The van der Waals surface area contributed by atoms with Gasteiger partial charge < -0.3 is 10.4 Å². The molecule has 0 heterocycles. The molecule has 0 radical (unpaired) electrons. The van der Waals surface area contributed by atoms with Crippen molar-refractivity contribution < 1.29 is 14.7 Å². The Labute approximate surface area is 130 Å². The first-order chi connectivity index (χ1) is 9.93. The van der Waals surface area contributed by atoms with Gasteiger partial charge in [0.15, 0.2) is 0 Å². The number of rotatable bonds is 8. The monoisotopic (exact) mass is 311 g/mol. The lowest BCUT2D eigenvalue weighted by molar-refractivity contribution is -0.137. The third-order valence-corrected chi connectivity index (χ3v) is 4.03. The summed E-state index contributed by atoms with van der Waals surface area (Å²) < 4.78 is 0. The topological polar surface area (TPSA) is 66.4 Å². The van der Waals surface area contributed by atoms with Gasteiger partial charge in [0, 0.05) is 23.6 Å². The van der Waals surface area contributed by atoms with Crippen molar-refractivity contribution in [2.75, 3.05) is 6.54 Å². The van der Waals surface area contributed by atoms with Crippen LogP contribution in [0.1, 0.15) is 48.5 Å². The number of carbonyl (C=O) groups is 2. The van der Waals surface area contributed by atoms with Crippen LogP contribution in [0.2, 0.25) is 5.02 Å². The van der Waals surface area contributed by atoms with Crippen LogP contribution in [0.5, 0.6) is 0 Å². The predicted octanol–water partition coefficient (Wildman–Crippen LogP) is 3.66. The Morgan fingerprint density at radius 1 is 1.33 bits per heavy atom. The Balaban J connectivity index is 2.41. The number of aryl methyl sites for hydroxylation is 1. The van der Waals surface area contributed by atoms with Gasteiger partial charge in [0.2, 0.25) is 0 Å². The number of nitrogens with one attached hydrogen (secondary N) is 1. The summed E-state index contributed by atoms with van der Waals surface area (Å²) in [5.74, 6) is -0.565. The van der Waals surface area contributed by atoms with Crippen molar-refractivity contribution in [1.29, 1.82) is 0 Å². The van der Waals surface area contributed by atoms with E-state index in [1.54, 1.807) is 18.2 Å². The van der Waals surface area contributed by atoms with Gasteiger partial charge in [-0.25, -0.2) is 0 Å². The largest absolute Gasteiger partial charge is 0.481 e. The lowest BCUT2D eigenvalue weighted by atomic mass is 9.96. The average Bonchev–Trinajstić information content (AvgIpc) is 2.45. The zero-order valence-corrected chi connectivity index (χ0v) is 13.2. The number of carboxylic acid groups (broad SMARTS) is 1. The summed E-state index contributed by atoms with van der Waals surface area (Å²) in [5, 5.41) is 12.2. The Bertz CT molecular complexity index is 502. The van der Waals surface area contributed by atoms with Gasteiger partial charge >= 0.3 is 5.97 Å². The second-order valence-corrected chi connectivity index (χ2v) is 5.62. The second-order valence-electron chi connectivity index (χ2n) is 5.22. The third-order valence-electron chi connectivity index (χ3n) is 3.60. The van der Waals surface area contributed by atoms with Crippen LogP contribution in [0.25, 0.3) is 0 Å². The first kappa shape index (κ1) is 17.5. The maximum atomic E-state index is 12.0. The molecular weight excluding hydrogens is 290 g/mol. The van der Waals surface area contributed by atoms with E-state index in [0.29, 0.717) is 29.5 Å². The van der Waals surface area contributed by atoms with Crippen LogP contribution in [0.15, 0.2) is 18.2 Å². The van der Waals surface area contributed by atoms with Gasteiger partial charge in [0.25, 0.3) is 5.91 Å². The van der Waals surface area contributed by atoms with Crippen molar-refractivity contribution in [2.24, 2.45) is 5.92 Å². The van der Waals surface area contributed by atoms with Gasteiger partial charge in [0.1, 0.15) is 0 Å². The molecule has 0 aromatic heterocycles. The van der Waals surface area contributed by atoms with E-state index in [-0.39, 0.29) is 12.3 Å². The van der Waals surface area contributed by atoms with Crippen molar-refractivity contribution in [1.82, 2.24) is 5.32 Å². The molecule has 0 aliphatic rings. The summed E-state index contributed by atoms with van der Waals surface area (Å²) in [7, 11) is 0. The Hall–Kier alpha value is -1.55. The summed E-state index contributed by atoms with van der Waals surface area (Å²) in [5.41, 5.74) is 1.47. The maximum Gasteiger partial charge on any atom is 0.303 e. The third kappa shape index (κ3) is 6.17. The number of benzene rings is 1. The second kappa shape index (κ2) is 8.67. The molecule has 0 spiro atoms. The fourth-order valence-electron chi connectivity index (χ4n) is 2.16. The van der Waals surface area contributed by atoms with E-state index in [4.69, 9.17) is 16.7 Å².